The summed E-state index contributed by atoms with van der Waals surface area (Å²) in [5.41, 5.74) is 8.51. The van der Waals surface area contributed by atoms with Crippen molar-refractivity contribution in [2.45, 2.75) is 12.8 Å². The maximum atomic E-state index is 2.49. The predicted molar refractivity (Wildman–Crippen MR) is 187 cm³/mol. The first kappa shape index (κ1) is 25.5. The fraction of sp³-hybridized carbons (Fsp3) is 0.136. The first-order valence-corrected chi connectivity index (χ1v) is 16.1. The minimum absolute atomic E-state index is 0.267. The Morgan fingerprint density at radius 1 is 0.500 bits per heavy atom. The first-order valence-electron chi connectivity index (χ1n) is 16.1. The highest BCUT2D eigenvalue weighted by molar-refractivity contribution is 6.17. The van der Waals surface area contributed by atoms with Gasteiger partial charge < -0.3 is 0 Å². The van der Waals surface area contributed by atoms with Gasteiger partial charge in [0.25, 0.3) is 0 Å². The molecule has 0 aliphatic heterocycles. The van der Waals surface area contributed by atoms with E-state index in [-0.39, 0.29) is 5.92 Å². The average molecular weight is 563 g/mol. The highest BCUT2D eigenvalue weighted by atomic mass is 14.4. The van der Waals surface area contributed by atoms with Crippen molar-refractivity contribution in [1.82, 2.24) is 0 Å². The maximum absolute atomic E-state index is 2.49. The van der Waals surface area contributed by atoms with Gasteiger partial charge in [0.1, 0.15) is 0 Å². The lowest BCUT2D eigenvalue weighted by Gasteiger charge is -2.35. The average Bonchev–Trinajstić information content (AvgIpc) is 3.10. The van der Waals surface area contributed by atoms with Gasteiger partial charge in [0, 0.05) is 23.7 Å². The third-order valence-electron chi connectivity index (χ3n) is 10.3. The van der Waals surface area contributed by atoms with Crippen LogP contribution in [0.15, 0.2) is 163 Å². The van der Waals surface area contributed by atoms with Crippen LogP contribution in [0.2, 0.25) is 0 Å². The van der Waals surface area contributed by atoms with Gasteiger partial charge in [-0.3, -0.25) is 0 Å². The molecule has 0 saturated heterocycles. The van der Waals surface area contributed by atoms with Crippen LogP contribution >= 0.6 is 0 Å². The lowest BCUT2D eigenvalue weighted by atomic mass is 9.68. The van der Waals surface area contributed by atoms with Gasteiger partial charge in [-0.1, -0.05) is 158 Å². The van der Waals surface area contributed by atoms with Crippen molar-refractivity contribution < 1.29 is 0 Å². The van der Waals surface area contributed by atoms with Crippen LogP contribution < -0.4 is 10.4 Å². The van der Waals surface area contributed by atoms with Crippen LogP contribution in [0.1, 0.15) is 24.0 Å². The van der Waals surface area contributed by atoms with Gasteiger partial charge in [-0.05, 0) is 78.2 Å². The predicted octanol–water partition coefficient (Wildman–Crippen LogP) is 9.30. The van der Waals surface area contributed by atoms with E-state index in [1.54, 1.807) is 0 Å². The molecule has 0 nitrogen and oxygen atoms in total. The second kappa shape index (κ2) is 10.4. The highest BCUT2D eigenvalue weighted by Gasteiger charge is 2.34. The summed E-state index contributed by atoms with van der Waals surface area (Å²) >= 11 is 0. The Labute approximate surface area is 259 Å². The molecule has 0 spiro atoms. The fourth-order valence-corrected chi connectivity index (χ4v) is 8.36. The molecule has 4 aromatic rings. The third-order valence-corrected chi connectivity index (χ3v) is 10.3. The molecule has 0 radical (unpaired) electrons. The summed E-state index contributed by atoms with van der Waals surface area (Å²) in [7, 11) is 0. The van der Waals surface area contributed by atoms with Crippen molar-refractivity contribution in [2.24, 2.45) is 23.7 Å². The molecule has 0 amide bonds. The summed E-state index contributed by atoms with van der Waals surface area (Å²) in [4.78, 5) is 0. The Balaban J connectivity index is 1.41. The topological polar surface area (TPSA) is 0 Å². The van der Waals surface area contributed by atoms with E-state index in [1.807, 2.05) is 0 Å². The van der Waals surface area contributed by atoms with E-state index in [9.17, 15) is 0 Å². The zero-order valence-corrected chi connectivity index (χ0v) is 24.7. The molecule has 0 fully saturated rings. The van der Waals surface area contributed by atoms with Crippen molar-refractivity contribution in [2.75, 3.05) is 0 Å². The van der Waals surface area contributed by atoms with Crippen molar-refractivity contribution in [3.05, 3.63) is 185 Å². The molecule has 0 heteroatoms. The molecule has 210 valence electrons. The number of hydrogen-bond donors (Lipinski definition) is 0. The number of allylic oxidation sites excluding steroid dienone is 16. The minimum atomic E-state index is 0.267. The van der Waals surface area contributed by atoms with Crippen LogP contribution in [-0.2, 0) is 0 Å². The molecule has 0 aromatic heterocycles. The number of fused-ring (bicyclic) bond motifs is 5. The van der Waals surface area contributed by atoms with Crippen LogP contribution in [0.5, 0.6) is 0 Å². The highest BCUT2D eigenvalue weighted by Crippen LogP contribution is 2.47. The van der Waals surface area contributed by atoms with Crippen LogP contribution in [-0.4, -0.2) is 0 Å². The molecule has 5 aliphatic rings. The van der Waals surface area contributed by atoms with Crippen molar-refractivity contribution in [3.8, 4) is 0 Å². The van der Waals surface area contributed by atoms with E-state index in [4.69, 9.17) is 0 Å². The Morgan fingerprint density at radius 3 is 1.73 bits per heavy atom. The molecule has 0 heterocycles. The molecule has 5 aliphatic carbocycles. The number of hydrogen-bond acceptors (Lipinski definition) is 0. The van der Waals surface area contributed by atoms with E-state index in [2.05, 4.69) is 158 Å². The van der Waals surface area contributed by atoms with Gasteiger partial charge in [0.05, 0.1) is 0 Å². The largest absolute Gasteiger partial charge is 0.0842 e. The molecule has 0 saturated carbocycles. The van der Waals surface area contributed by atoms with Gasteiger partial charge >= 0.3 is 0 Å². The summed E-state index contributed by atoms with van der Waals surface area (Å²) in [6.07, 6.45) is 34.8. The SMILES string of the molecule is C1=CCCC(C2=c3ccccc3=C(c3c4ccccc4c(C4=CC5C=CC=CC5C=C4)c4ccccc34)C3C=CC=CC23)=C1. The molecule has 44 heavy (non-hydrogen) atoms. The quantitative estimate of drug-likeness (QED) is 0.218. The molecular weight excluding hydrogens is 528 g/mol. The third kappa shape index (κ3) is 3.91. The fourth-order valence-electron chi connectivity index (χ4n) is 8.36. The smallest absolute Gasteiger partial charge is 0.0138 e. The Bertz CT molecular complexity index is 2180. The van der Waals surface area contributed by atoms with E-state index in [0.717, 1.165) is 12.8 Å². The maximum Gasteiger partial charge on any atom is 0.0138 e. The second-order valence-electron chi connectivity index (χ2n) is 12.6. The van der Waals surface area contributed by atoms with Gasteiger partial charge in [0.2, 0.25) is 0 Å². The van der Waals surface area contributed by atoms with Gasteiger partial charge in [-0.2, -0.15) is 0 Å². The summed E-state index contributed by atoms with van der Waals surface area (Å²) in [5.74, 6) is 1.42. The summed E-state index contributed by atoms with van der Waals surface area (Å²) in [6, 6.07) is 27.5. The first-order chi connectivity index (χ1) is 21.9. The van der Waals surface area contributed by atoms with E-state index in [1.165, 1.54) is 65.4 Å². The van der Waals surface area contributed by atoms with Crippen LogP contribution in [0, 0.1) is 23.7 Å². The molecule has 4 unspecified atom stereocenters. The van der Waals surface area contributed by atoms with Gasteiger partial charge in [-0.15, -0.1) is 0 Å². The van der Waals surface area contributed by atoms with Crippen LogP contribution in [0.25, 0.3) is 38.3 Å². The molecule has 4 aromatic carbocycles. The minimum Gasteiger partial charge on any atom is -0.0842 e. The molecule has 0 N–H and O–H groups in total. The van der Waals surface area contributed by atoms with Crippen molar-refractivity contribution in [3.63, 3.8) is 0 Å². The Hall–Kier alpha value is -4.94. The summed E-state index contributed by atoms with van der Waals surface area (Å²) in [5, 5.41) is 8.11. The van der Waals surface area contributed by atoms with Crippen LogP contribution in [0.3, 0.4) is 0 Å². The standard InChI is InChI=1S/C44H34/c1-2-15-30(16-3-1)41-33-18-6-10-22-37(33)43(38-23-11-7-19-34(38)41)44-39-24-12-8-20-35(39)42(36-21-9-13-25-40(36)44)32-27-26-29-14-4-5-17-31(29)28-32/h1-2,4-15,17-29,31,33,37H,3,16H2. The summed E-state index contributed by atoms with van der Waals surface area (Å²) in [6.45, 7) is 0. The molecule has 9 rings (SSSR count). The Kier molecular flexibility index (Phi) is 6.01. The van der Waals surface area contributed by atoms with Crippen molar-refractivity contribution >= 4 is 38.3 Å². The van der Waals surface area contributed by atoms with Gasteiger partial charge in [-0.25, -0.2) is 0 Å². The lowest BCUT2D eigenvalue weighted by molar-refractivity contribution is 0.663. The summed E-state index contributed by atoms with van der Waals surface area (Å²) < 4.78 is 0. The zero-order valence-electron chi connectivity index (χ0n) is 24.7. The molecular formula is C44H34. The normalized spacial score (nSPS) is 24.7. The van der Waals surface area contributed by atoms with E-state index < -0.39 is 0 Å². The van der Waals surface area contributed by atoms with Crippen LogP contribution in [0.4, 0.5) is 0 Å². The van der Waals surface area contributed by atoms with Crippen molar-refractivity contribution in [1.29, 1.82) is 0 Å². The van der Waals surface area contributed by atoms with Gasteiger partial charge in [0.15, 0.2) is 0 Å². The molecule has 0 bridgehead atoms. The lowest BCUT2D eigenvalue weighted by Crippen LogP contribution is -2.40. The van der Waals surface area contributed by atoms with E-state index in [0.29, 0.717) is 17.8 Å². The Morgan fingerprint density at radius 2 is 1.07 bits per heavy atom. The molecule has 4 atom stereocenters. The van der Waals surface area contributed by atoms with E-state index >= 15 is 0 Å². The number of rotatable bonds is 3. The second-order valence-corrected chi connectivity index (χ2v) is 12.6. The number of benzene rings is 4. The zero-order chi connectivity index (χ0) is 29.0. The monoisotopic (exact) mass is 562 g/mol.